The van der Waals surface area contributed by atoms with Crippen molar-refractivity contribution in [2.24, 2.45) is 5.73 Å². The lowest BCUT2D eigenvalue weighted by Crippen LogP contribution is -2.32. The first kappa shape index (κ1) is 17.1. The highest BCUT2D eigenvalue weighted by molar-refractivity contribution is 7.89. The van der Waals surface area contributed by atoms with E-state index in [0.29, 0.717) is 31.0 Å². The van der Waals surface area contributed by atoms with Crippen LogP contribution in [0.25, 0.3) is 0 Å². The Hall–Kier alpha value is -1.69. The Kier molecular flexibility index (Phi) is 5.33. The van der Waals surface area contributed by atoms with Gasteiger partial charge in [0.05, 0.1) is 4.90 Å². The largest absolute Gasteiger partial charge is 0.330 e. The van der Waals surface area contributed by atoms with Crippen molar-refractivity contribution in [3.8, 4) is 0 Å². The van der Waals surface area contributed by atoms with Crippen LogP contribution in [0.1, 0.15) is 29.5 Å². The van der Waals surface area contributed by atoms with Crippen molar-refractivity contribution in [2.75, 3.05) is 13.1 Å². The highest BCUT2D eigenvalue weighted by atomic mass is 32.2. The summed E-state index contributed by atoms with van der Waals surface area (Å²) in [4.78, 5) is 0.399. The zero-order chi connectivity index (χ0) is 17.0. The van der Waals surface area contributed by atoms with Crippen molar-refractivity contribution >= 4 is 10.0 Å². The zero-order valence-corrected chi connectivity index (χ0v) is 14.6. The minimum atomic E-state index is -3.52. The van der Waals surface area contributed by atoms with E-state index in [2.05, 4.69) is 0 Å². The van der Waals surface area contributed by atoms with E-state index in [-0.39, 0.29) is 0 Å². The molecule has 0 unspecified atom stereocenters. The minimum Gasteiger partial charge on any atom is -0.330 e. The third kappa shape index (κ3) is 3.69. The molecule has 0 heterocycles. The number of hydrogen-bond acceptors (Lipinski definition) is 3. The number of rotatable bonds is 7. The maximum Gasteiger partial charge on any atom is 0.243 e. The van der Waals surface area contributed by atoms with E-state index in [1.165, 1.54) is 11.1 Å². The Morgan fingerprint density at radius 3 is 2.50 bits per heavy atom. The lowest BCUT2D eigenvalue weighted by atomic mass is 10.1. The van der Waals surface area contributed by atoms with Crippen molar-refractivity contribution in [1.29, 1.82) is 0 Å². The summed E-state index contributed by atoms with van der Waals surface area (Å²) in [5.74, 6) is 0. The highest BCUT2D eigenvalue weighted by Gasteiger charge is 2.25. The van der Waals surface area contributed by atoms with Crippen molar-refractivity contribution in [3.63, 3.8) is 0 Å². The second kappa shape index (κ2) is 7.47. The van der Waals surface area contributed by atoms with Crippen LogP contribution in [0.5, 0.6) is 0 Å². The van der Waals surface area contributed by atoms with Crippen LogP contribution in [0.2, 0.25) is 0 Å². The third-order valence-corrected chi connectivity index (χ3v) is 6.36. The summed E-state index contributed by atoms with van der Waals surface area (Å²) in [6.45, 7) is 1.29. The average molecular weight is 344 g/mol. The quantitative estimate of drug-likeness (QED) is 0.840. The van der Waals surface area contributed by atoms with Crippen molar-refractivity contribution in [3.05, 3.63) is 65.2 Å². The molecule has 0 amide bonds. The molecule has 0 spiro atoms. The van der Waals surface area contributed by atoms with Gasteiger partial charge in [0, 0.05) is 13.1 Å². The van der Waals surface area contributed by atoms with E-state index >= 15 is 0 Å². The predicted octanol–water partition coefficient (Wildman–Crippen LogP) is 2.72. The molecule has 0 aliphatic heterocycles. The lowest BCUT2D eigenvalue weighted by molar-refractivity contribution is 0.401. The maximum absolute atomic E-state index is 13.1. The van der Waals surface area contributed by atoms with Gasteiger partial charge in [0.1, 0.15) is 0 Å². The number of nitrogens with two attached hydrogens (primary N) is 1. The van der Waals surface area contributed by atoms with Gasteiger partial charge in [0.25, 0.3) is 0 Å². The molecular formula is C19H24N2O2S. The van der Waals surface area contributed by atoms with E-state index in [0.717, 1.165) is 24.8 Å². The SMILES string of the molecule is NCCCN(Cc1ccccc1)S(=O)(=O)c1ccc2c(c1)CCC2. The molecule has 0 radical (unpaired) electrons. The molecule has 0 saturated carbocycles. The topological polar surface area (TPSA) is 63.4 Å². The normalized spacial score (nSPS) is 14.1. The molecule has 5 heteroatoms. The molecule has 0 saturated heterocycles. The second-order valence-corrected chi connectivity index (χ2v) is 8.19. The number of nitrogens with zero attached hydrogens (tertiary/aromatic N) is 1. The van der Waals surface area contributed by atoms with E-state index < -0.39 is 10.0 Å². The highest BCUT2D eigenvalue weighted by Crippen LogP contribution is 2.27. The monoisotopic (exact) mass is 344 g/mol. The fourth-order valence-corrected chi connectivity index (χ4v) is 4.71. The molecule has 3 rings (SSSR count). The molecule has 0 atom stereocenters. The Morgan fingerprint density at radius 2 is 1.75 bits per heavy atom. The number of hydrogen-bond donors (Lipinski definition) is 1. The average Bonchev–Trinajstić information content (AvgIpc) is 3.07. The first-order chi connectivity index (χ1) is 11.6. The Labute approximate surface area is 144 Å². The summed E-state index contributed by atoms with van der Waals surface area (Å²) in [7, 11) is -3.52. The van der Waals surface area contributed by atoms with Gasteiger partial charge in [0.15, 0.2) is 0 Å². The summed E-state index contributed by atoms with van der Waals surface area (Å²) in [6, 6.07) is 15.3. The van der Waals surface area contributed by atoms with E-state index in [1.807, 2.05) is 42.5 Å². The molecule has 0 fully saturated rings. The number of aryl methyl sites for hydroxylation is 2. The van der Waals surface area contributed by atoms with Crippen LogP contribution in [0, 0.1) is 0 Å². The standard InChI is InChI=1S/C19H24N2O2S/c20-12-5-13-21(15-16-6-2-1-3-7-16)24(22,23)19-11-10-17-8-4-9-18(17)14-19/h1-3,6-7,10-11,14H,4-5,8-9,12-13,15,20H2. The number of fused-ring (bicyclic) bond motifs is 1. The minimum absolute atomic E-state index is 0.375. The first-order valence-electron chi connectivity index (χ1n) is 8.47. The summed E-state index contributed by atoms with van der Waals surface area (Å²) in [5.41, 5.74) is 9.05. The molecule has 2 aromatic carbocycles. The molecule has 128 valence electrons. The molecule has 0 bridgehead atoms. The molecule has 0 aromatic heterocycles. The molecule has 1 aliphatic carbocycles. The van der Waals surface area contributed by atoms with E-state index in [1.54, 1.807) is 10.4 Å². The van der Waals surface area contributed by atoms with Crippen LogP contribution in [0.4, 0.5) is 0 Å². The van der Waals surface area contributed by atoms with Crippen LogP contribution >= 0.6 is 0 Å². The van der Waals surface area contributed by atoms with Crippen LogP contribution in [-0.4, -0.2) is 25.8 Å². The third-order valence-electron chi connectivity index (χ3n) is 4.52. The van der Waals surface area contributed by atoms with Crippen LogP contribution in [0.15, 0.2) is 53.4 Å². The number of sulfonamides is 1. The fraction of sp³-hybridized carbons (Fsp3) is 0.368. The smallest absolute Gasteiger partial charge is 0.243 e. The van der Waals surface area contributed by atoms with Gasteiger partial charge in [-0.1, -0.05) is 36.4 Å². The summed E-state index contributed by atoms with van der Waals surface area (Å²) >= 11 is 0. The second-order valence-electron chi connectivity index (χ2n) is 6.25. The molecule has 24 heavy (non-hydrogen) atoms. The van der Waals surface area contributed by atoms with Gasteiger partial charge in [-0.05, 0) is 61.1 Å². The summed E-state index contributed by atoms with van der Waals surface area (Å²) in [6.07, 6.45) is 3.79. The van der Waals surface area contributed by atoms with Gasteiger partial charge in [-0.15, -0.1) is 0 Å². The molecule has 4 nitrogen and oxygen atoms in total. The molecule has 1 aliphatic rings. The first-order valence-corrected chi connectivity index (χ1v) is 9.91. The maximum atomic E-state index is 13.1. The van der Waals surface area contributed by atoms with Gasteiger partial charge >= 0.3 is 0 Å². The zero-order valence-electron chi connectivity index (χ0n) is 13.8. The Morgan fingerprint density at radius 1 is 1.00 bits per heavy atom. The van der Waals surface area contributed by atoms with Gasteiger partial charge in [-0.25, -0.2) is 8.42 Å². The van der Waals surface area contributed by atoms with Crippen molar-refractivity contribution in [1.82, 2.24) is 4.31 Å². The predicted molar refractivity (Wildman–Crippen MR) is 96.2 cm³/mol. The molecule has 2 aromatic rings. The fourth-order valence-electron chi connectivity index (χ4n) is 3.20. The summed E-state index contributed by atoms with van der Waals surface area (Å²) < 4.78 is 27.8. The molecule has 2 N–H and O–H groups in total. The molecular weight excluding hydrogens is 320 g/mol. The van der Waals surface area contributed by atoms with Crippen LogP contribution in [0.3, 0.4) is 0 Å². The van der Waals surface area contributed by atoms with Gasteiger partial charge in [-0.3, -0.25) is 0 Å². The lowest BCUT2D eigenvalue weighted by Gasteiger charge is -2.22. The Balaban J connectivity index is 1.89. The summed E-state index contributed by atoms with van der Waals surface area (Å²) in [5, 5.41) is 0. The van der Waals surface area contributed by atoms with Crippen LogP contribution < -0.4 is 5.73 Å². The van der Waals surface area contributed by atoms with Gasteiger partial charge in [0.2, 0.25) is 10.0 Å². The number of benzene rings is 2. The van der Waals surface area contributed by atoms with Crippen LogP contribution in [-0.2, 0) is 29.4 Å². The Bertz CT molecular complexity index is 788. The van der Waals surface area contributed by atoms with Gasteiger partial charge in [-0.2, -0.15) is 4.31 Å². The van der Waals surface area contributed by atoms with Crippen molar-refractivity contribution < 1.29 is 8.42 Å². The van der Waals surface area contributed by atoms with Gasteiger partial charge < -0.3 is 5.73 Å². The van der Waals surface area contributed by atoms with E-state index in [9.17, 15) is 8.42 Å². The van der Waals surface area contributed by atoms with Crippen molar-refractivity contribution in [2.45, 2.75) is 37.1 Å². The van der Waals surface area contributed by atoms with E-state index in [4.69, 9.17) is 5.73 Å².